The zero-order chi connectivity index (χ0) is 11.3. The molecule has 1 atom stereocenters. The summed E-state index contributed by atoms with van der Waals surface area (Å²) in [6.45, 7) is 3.93. The van der Waals surface area contributed by atoms with Gasteiger partial charge in [0.25, 0.3) is 0 Å². The second-order valence-electron chi connectivity index (χ2n) is 3.30. The second kappa shape index (κ2) is 5.29. The number of aromatic nitrogens is 1. The van der Waals surface area contributed by atoms with E-state index in [-0.39, 0.29) is 17.7 Å². The molecule has 0 N–H and O–H groups in total. The van der Waals surface area contributed by atoms with Gasteiger partial charge in [0.15, 0.2) is 0 Å². The van der Waals surface area contributed by atoms with Crippen molar-refractivity contribution in [1.82, 2.24) is 4.98 Å². The minimum absolute atomic E-state index is 0.0297. The summed E-state index contributed by atoms with van der Waals surface area (Å²) in [6.07, 6.45) is 3.20. The van der Waals surface area contributed by atoms with Crippen LogP contribution in [0.3, 0.4) is 0 Å². The Kier molecular flexibility index (Phi) is 4.03. The highest BCUT2D eigenvalue weighted by atomic mass is 16.6. The monoisotopic (exact) mass is 210 g/mol. The maximum atomic E-state index is 10.6. The van der Waals surface area contributed by atoms with E-state index in [9.17, 15) is 10.1 Å². The van der Waals surface area contributed by atoms with Gasteiger partial charge in [0.2, 0.25) is 5.75 Å². The van der Waals surface area contributed by atoms with Crippen LogP contribution in [-0.2, 0) is 0 Å². The summed E-state index contributed by atoms with van der Waals surface area (Å²) in [5.41, 5.74) is 0. The quantitative estimate of drug-likeness (QED) is 0.553. The van der Waals surface area contributed by atoms with Crippen molar-refractivity contribution < 1.29 is 9.66 Å². The van der Waals surface area contributed by atoms with Crippen molar-refractivity contribution in [3.05, 3.63) is 28.4 Å². The van der Waals surface area contributed by atoms with Gasteiger partial charge >= 0.3 is 5.82 Å². The van der Waals surface area contributed by atoms with E-state index < -0.39 is 4.92 Å². The fraction of sp³-hybridized carbons (Fsp3) is 0.500. The van der Waals surface area contributed by atoms with E-state index in [4.69, 9.17) is 4.74 Å². The Hall–Kier alpha value is -1.65. The van der Waals surface area contributed by atoms with Crippen molar-refractivity contribution in [2.75, 3.05) is 0 Å². The number of nitrogens with zero attached hydrogens (tertiary/aromatic N) is 2. The topological polar surface area (TPSA) is 65.3 Å². The fourth-order valence-electron chi connectivity index (χ4n) is 1.29. The molecule has 0 fully saturated rings. The van der Waals surface area contributed by atoms with Crippen LogP contribution in [0.2, 0.25) is 0 Å². The van der Waals surface area contributed by atoms with E-state index in [0.717, 1.165) is 12.8 Å². The third kappa shape index (κ3) is 3.19. The summed E-state index contributed by atoms with van der Waals surface area (Å²) in [5, 5.41) is 10.6. The molecule has 15 heavy (non-hydrogen) atoms. The predicted octanol–water partition coefficient (Wildman–Crippen LogP) is 2.56. The van der Waals surface area contributed by atoms with Gasteiger partial charge in [-0.3, -0.25) is 0 Å². The molecule has 5 nitrogen and oxygen atoms in total. The van der Waals surface area contributed by atoms with Gasteiger partial charge in [0.1, 0.15) is 6.20 Å². The van der Waals surface area contributed by atoms with Crippen molar-refractivity contribution in [3.63, 3.8) is 0 Å². The van der Waals surface area contributed by atoms with Gasteiger partial charge < -0.3 is 14.9 Å². The Morgan fingerprint density at radius 3 is 3.00 bits per heavy atom. The van der Waals surface area contributed by atoms with E-state index in [2.05, 4.69) is 4.98 Å². The van der Waals surface area contributed by atoms with Crippen LogP contribution in [0.1, 0.15) is 26.7 Å². The maximum Gasteiger partial charge on any atom is 0.406 e. The SMILES string of the molecule is CCCC(C)Oc1cccnc1[N+](=O)[O-]. The Morgan fingerprint density at radius 1 is 1.67 bits per heavy atom. The number of hydrogen-bond acceptors (Lipinski definition) is 4. The molecule has 0 saturated carbocycles. The van der Waals surface area contributed by atoms with Crippen molar-refractivity contribution in [2.45, 2.75) is 32.8 Å². The van der Waals surface area contributed by atoms with Crippen LogP contribution in [0.25, 0.3) is 0 Å². The van der Waals surface area contributed by atoms with Crippen LogP contribution >= 0.6 is 0 Å². The summed E-state index contributed by atoms with van der Waals surface area (Å²) in [6, 6.07) is 3.19. The molecule has 0 aliphatic heterocycles. The van der Waals surface area contributed by atoms with Gasteiger partial charge in [-0.05, 0) is 35.4 Å². The number of pyridine rings is 1. The molecular weight excluding hydrogens is 196 g/mol. The first-order chi connectivity index (χ1) is 7.15. The average Bonchev–Trinajstić information content (AvgIpc) is 2.18. The first-order valence-corrected chi connectivity index (χ1v) is 4.91. The zero-order valence-electron chi connectivity index (χ0n) is 8.84. The predicted molar refractivity (Wildman–Crippen MR) is 55.9 cm³/mol. The maximum absolute atomic E-state index is 10.6. The van der Waals surface area contributed by atoms with Crippen molar-refractivity contribution >= 4 is 5.82 Å². The molecule has 0 radical (unpaired) electrons. The van der Waals surface area contributed by atoms with E-state index in [1.807, 2.05) is 13.8 Å². The molecule has 1 unspecified atom stereocenters. The molecular formula is C10H14N2O3. The standard InChI is InChI=1S/C10H14N2O3/c1-3-5-8(2)15-9-6-4-7-11-10(9)12(13)14/h4,6-8H,3,5H2,1-2H3. The third-order valence-corrected chi connectivity index (χ3v) is 1.95. The van der Waals surface area contributed by atoms with E-state index >= 15 is 0 Å². The molecule has 0 aromatic carbocycles. The molecule has 0 amide bonds. The second-order valence-corrected chi connectivity index (χ2v) is 3.30. The Labute approximate surface area is 88.2 Å². The Balaban J connectivity index is 2.79. The number of rotatable bonds is 5. The smallest absolute Gasteiger partial charge is 0.406 e. The van der Waals surface area contributed by atoms with Crippen LogP contribution in [0, 0.1) is 10.1 Å². The molecule has 0 bridgehead atoms. The Morgan fingerprint density at radius 2 is 2.40 bits per heavy atom. The lowest BCUT2D eigenvalue weighted by atomic mass is 10.2. The molecule has 1 heterocycles. The molecule has 1 aromatic rings. The molecule has 0 saturated heterocycles. The zero-order valence-corrected chi connectivity index (χ0v) is 8.84. The highest BCUT2D eigenvalue weighted by Crippen LogP contribution is 2.24. The van der Waals surface area contributed by atoms with Crippen LogP contribution in [0.5, 0.6) is 5.75 Å². The largest absolute Gasteiger partial charge is 0.483 e. The van der Waals surface area contributed by atoms with Crippen LogP contribution in [0.15, 0.2) is 18.3 Å². The van der Waals surface area contributed by atoms with Gasteiger partial charge in [0.05, 0.1) is 6.10 Å². The molecule has 1 rings (SSSR count). The molecule has 82 valence electrons. The molecule has 0 aliphatic rings. The van der Waals surface area contributed by atoms with Crippen LogP contribution in [0.4, 0.5) is 5.82 Å². The lowest BCUT2D eigenvalue weighted by molar-refractivity contribution is -0.390. The average molecular weight is 210 g/mol. The van der Waals surface area contributed by atoms with Gasteiger partial charge in [-0.2, -0.15) is 0 Å². The van der Waals surface area contributed by atoms with E-state index in [1.165, 1.54) is 6.20 Å². The van der Waals surface area contributed by atoms with Crippen LogP contribution < -0.4 is 4.74 Å². The highest BCUT2D eigenvalue weighted by molar-refractivity contribution is 5.38. The normalized spacial score (nSPS) is 12.1. The first kappa shape index (κ1) is 11.4. The van der Waals surface area contributed by atoms with E-state index in [0.29, 0.717) is 0 Å². The lowest BCUT2D eigenvalue weighted by Gasteiger charge is -2.12. The highest BCUT2D eigenvalue weighted by Gasteiger charge is 2.17. The minimum atomic E-state index is -0.534. The summed E-state index contributed by atoms with van der Waals surface area (Å²) in [4.78, 5) is 13.8. The summed E-state index contributed by atoms with van der Waals surface area (Å²) >= 11 is 0. The van der Waals surface area contributed by atoms with Crippen molar-refractivity contribution in [3.8, 4) is 5.75 Å². The van der Waals surface area contributed by atoms with Crippen molar-refractivity contribution in [2.24, 2.45) is 0 Å². The lowest BCUT2D eigenvalue weighted by Crippen LogP contribution is -2.12. The molecule has 0 spiro atoms. The number of hydrogen-bond donors (Lipinski definition) is 0. The fourth-order valence-corrected chi connectivity index (χ4v) is 1.29. The van der Waals surface area contributed by atoms with Gasteiger partial charge in [-0.1, -0.05) is 13.3 Å². The molecule has 1 aromatic heterocycles. The van der Waals surface area contributed by atoms with Gasteiger partial charge in [0, 0.05) is 0 Å². The summed E-state index contributed by atoms with van der Waals surface area (Å²) in [5.74, 6) is 0.0175. The van der Waals surface area contributed by atoms with Crippen LogP contribution in [-0.4, -0.2) is 16.0 Å². The van der Waals surface area contributed by atoms with Gasteiger partial charge in [-0.25, -0.2) is 0 Å². The number of nitro groups is 1. The molecule has 5 heteroatoms. The summed E-state index contributed by atoms with van der Waals surface area (Å²) in [7, 11) is 0. The first-order valence-electron chi connectivity index (χ1n) is 4.91. The summed E-state index contributed by atoms with van der Waals surface area (Å²) < 4.78 is 5.44. The number of ether oxygens (including phenoxy) is 1. The Bertz CT molecular complexity index is 341. The van der Waals surface area contributed by atoms with Crippen molar-refractivity contribution in [1.29, 1.82) is 0 Å². The molecule has 0 aliphatic carbocycles. The van der Waals surface area contributed by atoms with Gasteiger partial charge in [-0.15, -0.1) is 0 Å². The third-order valence-electron chi connectivity index (χ3n) is 1.95. The van der Waals surface area contributed by atoms with E-state index in [1.54, 1.807) is 12.1 Å². The minimum Gasteiger partial charge on any atom is -0.483 e.